The van der Waals surface area contributed by atoms with Crippen molar-refractivity contribution in [2.24, 2.45) is 0 Å². The van der Waals surface area contributed by atoms with E-state index < -0.39 is 0 Å². The molecule has 0 aliphatic carbocycles. The summed E-state index contributed by atoms with van der Waals surface area (Å²) in [6.07, 6.45) is 2.80. The predicted molar refractivity (Wildman–Crippen MR) is 71.8 cm³/mol. The number of ether oxygens (including phenoxy) is 1. The fourth-order valence-corrected chi connectivity index (χ4v) is 3.48. The molecule has 2 heterocycles. The van der Waals surface area contributed by atoms with E-state index in [0.717, 1.165) is 29.1 Å². The van der Waals surface area contributed by atoms with Crippen LogP contribution in [0.15, 0.2) is 4.34 Å². The second-order valence-electron chi connectivity index (χ2n) is 4.25. The topological polar surface area (TPSA) is 47.0 Å². The van der Waals surface area contributed by atoms with E-state index in [0.29, 0.717) is 12.1 Å². The summed E-state index contributed by atoms with van der Waals surface area (Å²) in [6, 6.07) is 0.453. The largest absolute Gasteiger partial charge is 0.377 e. The summed E-state index contributed by atoms with van der Waals surface area (Å²) in [4.78, 5) is 4.32. The van der Waals surface area contributed by atoms with E-state index in [1.807, 2.05) is 6.92 Å². The molecule has 1 aliphatic heterocycles. The van der Waals surface area contributed by atoms with Crippen LogP contribution in [0, 0.1) is 6.92 Å². The Morgan fingerprint density at radius 2 is 2.53 bits per heavy atom. The number of rotatable bonds is 6. The number of nitrogens with one attached hydrogen (secondary N) is 1. The second kappa shape index (κ2) is 6.68. The average molecular weight is 273 g/mol. The number of hydrogen-bond acceptors (Lipinski definition) is 6. The van der Waals surface area contributed by atoms with Crippen molar-refractivity contribution < 1.29 is 4.74 Å². The first-order valence-corrected chi connectivity index (χ1v) is 7.79. The van der Waals surface area contributed by atoms with Crippen LogP contribution in [0.4, 0.5) is 0 Å². The first kappa shape index (κ1) is 13.3. The Hall–Kier alpha value is -0.170. The third kappa shape index (κ3) is 4.21. The highest BCUT2D eigenvalue weighted by Gasteiger charge is 2.21. The van der Waals surface area contributed by atoms with Crippen molar-refractivity contribution in [3.8, 4) is 0 Å². The molecule has 6 heteroatoms. The quantitative estimate of drug-likeness (QED) is 0.635. The van der Waals surface area contributed by atoms with E-state index >= 15 is 0 Å². The van der Waals surface area contributed by atoms with E-state index in [2.05, 4.69) is 21.6 Å². The van der Waals surface area contributed by atoms with Gasteiger partial charge in [-0.15, -0.1) is 0 Å². The summed E-state index contributed by atoms with van der Waals surface area (Å²) in [5.41, 5.74) is 0. The molecule has 2 unspecified atom stereocenters. The van der Waals surface area contributed by atoms with Gasteiger partial charge in [0.2, 0.25) is 0 Å². The molecule has 2 rings (SSSR count). The fraction of sp³-hybridized carbons (Fsp3) is 0.818. The van der Waals surface area contributed by atoms with Crippen LogP contribution in [-0.4, -0.2) is 40.4 Å². The molecule has 1 aromatic rings. The molecule has 0 saturated carbocycles. The number of thioether (sulfide) groups is 1. The Morgan fingerprint density at radius 1 is 1.65 bits per heavy atom. The molecule has 1 saturated heterocycles. The van der Waals surface area contributed by atoms with E-state index in [9.17, 15) is 0 Å². The van der Waals surface area contributed by atoms with Crippen molar-refractivity contribution in [3.63, 3.8) is 0 Å². The molecule has 1 fully saturated rings. The highest BCUT2D eigenvalue weighted by atomic mass is 32.2. The van der Waals surface area contributed by atoms with Crippen LogP contribution in [0.1, 0.15) is 25.6 Å². The highest BCUT2D eigenvalue weighted by molar-refractivity contribution is 8.00. The minimum absolute atomic E-state index is 0.406. The molecular weight excluding hydrogens is 254 g/mol. The van der Waals surface area contributed by atoms with E-state index in [4.69, 9.17) is 4.74 Å². The van der Waals surface area contributed by atoms with Crippen molar-refractivity contribution in [3.05, 3.63) is 5.82 Å². The van der Waals surface area contributed by atoms with Crippen LogP contribution in [0.25, 0.3) is 0 Å². The van der Waals surface area contributed by atoms with Gasteiger partial charge >= 0.3 is 0 Å². The van der Waals surface area contributed by atoms with Crippen molar-refractivity contribution in [1.29, 1.82) is 0 Å². The lowest BCUT2D eigenvalue weighted by molar-refractivity contribution is 0.0844. The lowest BCUT2D eigenvalue weighted by Crippen LogP contribution is -2.38. The maximum absolute atomic E-state index is 5.64. The Labute approximate surface area is 111 Å². The van der Waals surface area contributed by atoms with Crippen LogP contribution < -0.4 is 5.32 Å². The van der Waals surface area contributed by atoms with Crippen LogP contribution in [-0.2, 0) is 4.74 Å². The Morgan fingerprint density at radius 3 is 3.18 bits per heavy atom. The minimum atomic E-state index is 0.406. The SMILES string of the molecule is Cc1nsc(SCCNC(C)C2CCCO2)n1. The number of aryl methyl sites for hydroxylation is 1. The molecule has 2 atom stereocenters. The Balaban J connectivity index is 1.59. The molecule has 1 aliphatic rings. The summed E-state index contributed by atoms with van der Waals surface area (Å²) in [7, 11) is 0. The molecule has 1 aromatic heterocycles. The standard InChI is InChI=1S/C11H19N3OS2/c1-8(10-4-3-6-15-10)12-5-7-16-11-13-9(2)14-17-11/h8,10,12H,3-7H2,1-2H3. The molecule has 0 bridgehead atoms. The summed E-state index contributed by atoms with van der Waals surface area (Å²) in [6.45, 7) is 6.05. The third-order valence-corrected chi connectivity index (χ3v) is 4.75. The summed E-state index contributed by atoms with van der Waals surface area (Å²) in [5.74, 6) is 1.91. The van der Waals surface area contributed by atoms with Gasteiger partial charge in [0.1, 0.15) is 5.82 Å². The summed E-state index contributed by atoms with van der Waals surface area (Å²) in [5, 5.41) is 3.51. The highest BCUT2D eigenvalue weighted by Crippen LogP contribution is 2.19. The van der Waals surface area contributed by atoms with Gasteiger partial charge in [-0.25, -0.2) is 4.98 Å². The van der Waals surface area contributed by atoms with Gasteiger partial charge in [0.15, 0.2) is 4.34 Å². The van der Waals surface area contributed by atoms with E-state index in [-0.39, 0.29) is 0 Å². The van der Waals surface area contributed by atoms with Gasteiger partial charge in [-0.3, -0.25) is 0 Å². The lowest BCUT2D eigenvalue weighted by Gasteiger charge is -2.19. The summed E-state index contributed by atoms with van der Waals surface area (Å²) < 4.78 is 10.9. The van der Waals surface area contributed by atoms with Gasteiger partial charge in [0.05, 0.1) is 6.10 Å². The maximum Gasteiger partial charge on any atom is 0.170 e. The lowest BCUT2D eigenvalue weighted by atomic mass is 10.1. The molecule has 17 heavy (non-hydrogen) atoms. The van der Waals surface area contributed by atoms with Crippen LogP contribution >= 0.6 is 23.3 Å². The predicted octanol–water partition coefficient (Wildman–Crippen LogP) is 2.10. The fourth-order valence-electron chi connectivity index (χ4n) is 1.89. The molecule has 0 radical (unpaired) electrons. The van der Waals surface area contributed by atoms with Gasteiger partial charge in [-0.1, -0.05) is 11.8 Å². The first-order valence-electron chi connectivity index (χ1n) is 6.04. The zero-order valence-corrected chi connectivity index (χ0v) is 11.9. The van der Waals surface area contributed by atoms with Crippen LogP contribution in [0.5, 0.6) is 0 Å². The van der Waals surface area contributed by atoms with Crippen molar-refractivity contribution >= 4 is 23.3 Å². The zero-order chi connectivity index (χ0) is 12.1. The molecule has 0 amide bonds. The zero-order valence-electron chi connectivity index (χ0n) is 10.3. The van der Waals surface area contributed by atoms with Gasteiger partial charge in [-0.2, -0.15) is 4.37 Å². The van der Waals surface area contributed by atoms with Crippen molar-refractivity contribution in [2.45, 2.75) is 43.2 Å². The molecular formula is C11H19N3OS2. The summed E-state index contributed by atoms with van der Waals surface area (Å²) >= 11 is 3.25. The monoisotopic (exact) mass is 273 g/mol. The van der Waals surface area contributed by atoms with E-state index in [1.165, 1.54) is 24.4 Å². The van der Waals surface area contributed by atoms with Crippen molar-refractivity contribution in [1.82, 2.24) is 14.7 Å². The van der Waals surface area contributed by atoms with Crippen LogP contribution in [0.3, 0.4) is 0 Å². The molecule has 0 spiro atoms. The normalized spacial score (nSPS) is 21.9. The van der Waals surface area contributed by atoms with Gasteiger partial charge in [0, 0.05) is 24.9 Å². The van der Waals surface area contributed by atoms with Gasteiger partial charge in [0.25, 0.3) is 0 Å². The maximum atomic E-state index is 5.64. The molecule has 1 N–H and O–H groups in total. The average Bonchev–Trinajstić information content (AvgIpc) is 2.95. The third-order valence-electron chi connectivity index (χ3n) is 2.83. The number of aromatic nitrogens is 2. The number of hydrogen-bond donors (Lipinski definition) is 1. The molecule has 4 nitrogen and oxygen atoms in total. The Bertz CT molecular complexity index is 339. The molecule has 96 valence electrons. The number of nitrogens with zero attached hydrogens (tertiary/aromatic N) is 2. The van der Waals surface area contributed by atoms with Gasteiger partial charge in [-0.05, 0) is 38.2 Å². The van der Waals surface area contributed by atoms with Gasteiger partial charge < -0.3 is 10.1 Å². The van der Waals surface area contributed by atoms with Crippen LogP contribution in [0.2, 0.25) is 0 Å². The second-order valence-corrected chi connectivity index (χ2v) is 6.34. The van der Waals surface area contributed by atoms with E-state index in [1.54, 1.807) is 11.8 Å². The molecule has 0 aromatic carbocycles. The Kier molecular flexibility index (Phi) is 5.21. The smallest absolute Gasteiger partial charge is 0.170 e. The minimum Gasteiger partial charge on any atom is -0.377 e. The van der Waals surface area contributed by atoms with Crippen molar-refractivity contribution in [2.75, 3.05) is 18.9 Å². The first-order chi connectivity index (χ1) is 8.25.